The number of likely N-dealkylation sites (tertiary alicyclic amines) is 1. The van der Waals surface area contributed by atoms with Crippen molar-refractivity contribution in [3.05, 3.63) is 30.3 Å². The molecular formula is C22H27FN8O. The van der Waals surface area contributed by atoms with Crippen LogP contribution in [-0.2, 0) is 0 Å². The second-order valence-electron chi connectivity index (χ2n) is 8.86. The molecule has 3 atom stereocenters. The normalized spacial score (nSPS) is 23.4. The summed E-state index contributed by atoms with van der Waals surface area (Å²) in [6, 6.07) is 3.77. The minimum Gasteiger partial charge on any atom is -0.365 e. The summed E-state index contributed by atoms with van der Waals surface area (Å²) < 4.78 is 14.5. The molecule has 2 aliphatic rings. The largest absolute Gasteiger partial charge is 0.365 e. The van der Waals surface area contributed by atoms with E-state index < -0.39 is 5.82 Å². The fraction of sp³-hybridized carbons (Fsp3) is 0.500. The summed E-state index contributed by atoms with van der Waals surface area (Å²) in [6.45, 7) is 3.79. The van der Waals surface area contributed by atoms with Gasteiger partial charge in [0, 0.05) is 31.4 Å². The highest BCUT2D eigenvalue weighted by Gasteiger charge is 2.28. The van der Waals surface area contributed by atoms with Crippen LogP contribution in [0.3, 0.4) is 0 Å². The Hall–Kier alpha value is -3.30. The van der Waals surface area contributed by atoms with Crippen molar-refractivity contribution in [3.63, 3.8) is 0 Å². The van der Waals surface area contributed by atoms with Gasteiger partial charge >= 0.3 is 6.03 Å². The summed E-state index contributed by atoms with van der Waals surface area (Å²) in [5.74, 6) is 0.528. The summed E-state index contributed by atoms with van der Waals surface area (Å²) in [7, 11) is 0. The minimum absolute atomic E-state index is 0.00882. The molecule has 2 amide bonds. The van der Waals surface area contributed by atoms with Crippen molar-refractivity contribution in [2.24, 2.45) is 5.92 Å². The Bertz CT molecular complexity index is 1120. The average Bonchev–Trinajstić information content (AvgIpc) is 3.42. The van der Waals surface area contributed by atoms with Crippen molar-refractivity contribution in [2.45, 2.75) is 51.1 Å². The molecule has 0 spiro atoms. The highest BCUT2D eigenvalue weighted by atomic mass is 19.1. The Balaban J connectivity index is 1.27. The van der Waals surface area contributed by atoms with Crippen LogP contribution in [0.2, 0.25) is 0 Å². The van der Waals surface area contributed by atoms with E-state index in [1.807, 2.05) is 17.0 Å². The molecule has 3 aromatic heterocycles. The highest BCUT2D eigenvalue weighted by molar-refractivity contribution is 5.88. The van der Waals surface area contributed by atoms with Crippen molar-refractivity contribution in [1.29, 1.82) is 0 Å². The Morgan fingerprint density at radius 2 is 2.12 bits per heavy atom. The molecule has 1 saturated carbocycles. The number of nitrogens with one attached hydrogen (secondary N) is 3. The van der Waals surface area contributed by atoms with Crippen LogP contribution < -0.4 is 10.6 Å². The molecule has 10 heteroatoms. The molecule has 1 aliphatic heterocycles. The van der Waals surface area contributed by atoms with Crippen LogP contribution in [-0.4, -0.2) is 61.3 Å². The first-order chi connectivity index (χ1) is 15.6. The second kappa shape index (κ2) is 8.68. The Morgan fingerprint density at radius 1 is 1.25 bits per heavy atom. The predicted molar refractivity (Wildman–Crippen MR) is 118 cm³/mol. The number of urea groups is 1. The lowest BCUT2D eigenvalue weighted by molar-refractivity contribution is 0.198. The number of halogens is 1. The summed E-state index contributed by atoms with van der Waals surface area (Å²) in [6.07, 6.45) is 7.39. The van der Waals surface area contributed by atoms with Crippen molar-refractivity contribution >= 4 is 22.9 Å². The van der Waals surface area contributed by atoms with Crippen LogP contribution in [0.5, 0.6) is 0 Å². The molecule has 3 N–H and O–H groups in total. The maximum atomic E-state index is 14.5. The van der Waals surface area contributed by atoms with Gasteiger partial charge in [-0.2, -0.15) is 5.10 Å². The van der Waals surface area contributed by atoms with Gasteiger partial charge < -0.3 is 15.5 Å². The minimum atomic E-state index is -0.510. The zero-order chi connectivity index (χ0) is 22.1. The molecule has 0 radical (unpaired) electrons. The molecule has 0 aromatic carbocycles. The maximum Gasteiger partial charge on any atom is 0.317 e. The first kappa shape index (κ1) is 20.6. The van der Waals surface area contributed by atoms with Gasteiger partial charge in [0.15, 0.2) is 23.1 Å². The first-order valence-corrected chi connectivity index (χ1v) is 11.2. The molecule has 5 rings (SSSR count). The third-order valence-corrected chi connectivity index (χ3v) is 6.35. The van der Waals surface area contributed by atoms with E-state index in [1.54, 1.807) is 6.20 Å². The van der Waals surface area contributed by atoms with E-state index in [0.29, 0.717) is 23.1 Å². The smallest absolute Gasteiger partial charge is 0.317 e. The summed E-state index contributed by atoms with van der Waals surface area (Å²) in [4.78, 5) is 27.2. The van der Waals surface area contributed by atoms with Crippen LogP contribution in [0.4, 0.5) is 15.0 Å². The van der Waals surface area contributed by atoms with E-state index in [0.717, 1.165) is 56.8 Å². The first-order valence-electron chi connectivity index (χ1n) is 11.2. The van der Waals surface area contributed by atoms with E-state index in [9.17, 15) is 9.18 Å². The molecule has 2 fully saturated rings. The number of nitrogens with zero attached hydrogens (tertiary/aromatic N) is 5. The van der Waals surface area contributed by atoms with E-state index >= 15 is 0 Å². The maximum absolute atomic E-state index is 14.5. The Kier molecular flexibility index (Phi) is 5.59. The van der Waals surface area contributed by atoms with Crippen LogP contribution in [0.1, 0.15) is 39.0 Å². The van der Waals surface area contributed by atoms with Gasteiger partial charge in [0.05, 0.1) is 11.6 Å². The van der Waals surface area contributed by atoms with Gasteiger partial charge in [0.1, 0.15) is 5.69 Å². The van der Waals surface area contributed by atoms with E-state index in [2.05, 4.69) is 42.7 Å². The average molecular weight is 439 g/mol. The number of anilines is 1. The van der Waals surface area contributed by atoms with Crippen molar-refractivity contribution in [1.82, 2.24) is 35.4 Å². The number of rotatable bonds is 4. The number of aromatic amines is 1. The third-order valence-electron chi connectivity index (χ3n) is 6.35. The fourth-order valence-electron chi connectivity index (χ4n) is 4.64. The molecule has 3 aromatic rings. The topological polar surface area (TPSA) is 112 Å². The predicted octanol–water partition coefficient (Wildman–Crippen LogP) is 3.33. The van der Waals surface area contributed by atoms with Crippen LogP contribution >= 0.6 is 0 Å². The standard InChI is InChI=1S/C22H27FN8O/c1-13-7-9-31(12-13)22(32)27-15-5-2-4-14(10-15)26-20-17(23)11-25-21(28-20)18-16-6-3-8-24-19(16)30-29-18/h3,6,8,11,13-15H,2,4-5,7,9-10,12H2,1H3,(H,27,32)(H,24,29,30)(H,25,26,28)/t13-,14-,15+/m0/s1. The van der Waals surface area contributed by atoms with Gasteiger partial charge in [-0.1, -0.05) is 6.92 Å². The fourth-order valence-corrected chi connectivity index (χ4v) is 4.64. The quantitative estimate of drug-likeness (QED) is 0.576. The summed E-state index contributed by atoms with van der Waals surface area (Å²) in [5.41, 5.74) is 1.16. The van der Waals surface area contributed by atoms with E-state index in [1.165, 1.54) is 0 Å². The number of carbonyl (C=O) groups is 1. The zero-order valence-electron chi connectivity index (χ0n) is 18.0. The van der Waals surface area contributed by atoms with Crippen molar-refractivity contribution < 1.29 is 9.18 Å². The molecule has 1 aliphatic carbocycles. The zero-order valence-corrected chi connectivity index (χ0v) is 18.0. The Labute approximate surface area is 185 Å². The lowest BCUT2D eigenvalue weighted by Crippen LogP contribution is -2.47. The van der Waals surface area contributed by atoms with Crippen LogP contribution in [0, 0.1) is 11.7 Å². The lowest BCUT2D eigenvalue weighted by Gasteiger charge is -2.32. The molecular weight excluding hydrogens is 411 g/mol. The Morgan fingerprint density at radius 3 is 2.97 bits per heavy atom. The molecule has 1 saturated heterocycles. The molecule has 9 nitrogen and oxygen atoms in total. The summed E-state index contributed by atoms with van der Waals surface area (Å²) in [5, 5.41) is 14.3. The number of amides is 2. The summed E-state index contributed by atoms with van der Waals surface area (Å²) >= 11 is 0. The molecule has 168 valence electrons. The third kappa shape index (κ3) is 4.21. The highest BCUT2D eigenvalue weighted by Crippen LogP contribution is 2.26. The van der Waals surface area contributed by atoms with Crippen LogP contribution in [0.25, 0.3) is 22.6 Å². The molecule has 0 unspecified atom stereocenters. The van der Waals surface area contributed by atoms with E-state index in [-0.39, 0.29) is 23.9 Å². The van der Waals surface area contributed by atoms with Crippen molar-refractivity contribution in [3.8, 4) is 11.5 Å². The number of hydrogen-bond acceptors (Lipinski definition) is 6. The van der Waals surface area contributed by atoms with Crippen molar-refractivity contribution in [2.75, 3.05) is 18.4 Å². The van der Waals surface area contributed by atoms with Gasteiger partial charge in [-0.05, 0) is 50.2 Å². The molecule has 32 heavy (non-hydrogen) atoms. The SMILES string of the molecule is C[C@H]1CCN(C(=O)N[C@@H]2CCC[C@H](Nc3nc(-c4n[nH]c5ncccc45)ncc3F)C2)C1. The lowest BCUT2D eigenvalue weighted by atomic mass is 9.91. The number of pyridine rings is 1. The number of aromatic nitrogens is 5. The number of hydrogen-bond donors (Lipinski definition) is 3. The second-order valence-corrected chi connectivity index (χ2v) is 8.86. The van der Waals surface area contributed by atoms with Gasteiger partial charge in [-0.3, -0.25) is 5.10 Å². The van der Waals surface area contributed by atoms with Gasteiger partial charge in [-0.15, -0.1) is 0 Å². The number of fused-ring (bicyclic) bond motifs is 1. The van der Waals surface area contributed by atoms with Gasteiger partial charge in [-0.25, -0.2) is 24.1 Å². The van der Waals surface area contributed by atoms with E-state index in [4.69, 9.17) is 0 Å². The molecule has 0 bridgehead atoms. The number of carbonyl (C=O) groups excluding carboxylic acids is 1. The molecule has 4 heterocycles. The van der Waals surface area contributed by atoms with Gasteiger partial charge in [0.25, 0.3) is 0 Å². The van der Waals surface area contributed by atoms with Gasteiger partial charge in [0.2, 0.25) is 0 Å². The van der Waals surface area contributed by atoms with Crippen LogP contribution in [0.15, 0.2) is 24.5 Å². The number of H-pyrrole nitrogens is 1. The monoisotopic (exact) mass is 438 g/mol.